The van der Waals surface area contributed by atoms with Crippen molar-refractivity contribution in [1.29, 1.82) is 0 Å². The Morgan fingerprint density at radius 2 is 1.38 bits per heavy atom. The van der Waals surface area contributed by atoms with E-state index >= 15 is 0 Å². The van der Waals surface area contributed by atoms with Gasteiger partial charge in [-0.1, -0.05) is 28.7 Å². The normalized spacial score (nSPS) is 6.25. The third kappa shape index (κ3) is 9.18. The molecule has 1 heteroatoms. The number of Topliss-reactive ketones (excluding diaryl/α,β-unsaturated/α-hetero) is 1. The van der Waals surface area contributed by atoms with Crippen LogP contribution in [0, 0.1) is 0 Å². The highest BCUT2D eigenvalue weighted by atomic mass is 16.1. The van der Waals surface area contributed by atoms with Crippen LogP contribution in [0.1, 0.15) is 41.5 Å². The molecular formula is C7H18O. The number of hydrogen-bond acceptors (Lipinski definition) is 1. The Morgan fingerprint density at radius 1 is 1.12 bits per heavy atom. The van der Waals surface area contributed by atoms with Gasteiger partial charge in [-0.15, -0.1) is 0 Å². The minimum Gasteiger partial charge on any atom is -0.300 e. The monoisotopic (exact) mass is 118 g/mol. The first kappa shape index (κ1) is 15.6. The van der Waals surface area contributed by atoms with E-state index in [1.165, 1.54) is 0 Å². The van der Waals surface area contributed by atoms with Gasteiger partial charge in [0, 0.05) is 12.8 Å². The van der Waals surface area contributed by atoms with E-state index < -0.39 is 0 Å². The number of carbonyl (C=O) groups is 1. The standard InChI is InChI=1S/C5H10O.2CH4/c1-3-5(6)4-2;;/h3-4H2,1-2H3;2*1H4. The van der Waals surface area contributed by atoms with Crippen LogP contribution in [0.4, 0.5) is 0 Å². The Bertz CT molecular complexity index is 42.3. The van der Waals surface area contributed by atoms with Crippen LogP contribution in [-0.2, 0) is 4.79 Å². The van der Waals surface area contributed by atoms with Crippen molar-refractivity contribution in [1.82, 2.24) is 0 Å². The first-order valence-electron chi connectivity index (χ1n) is 2.33. The van der Waals surface area contributed by atoms with E-state index in [9.17, 15) is 4.79 Å². The second-order valence-corrected chi connectivity index (χ2v) is 1.25. The Hall–Kier alpha value is -0.330. The van der Waals surface area contributed by atoms with Crippen LogP contribution in [0.3, 0.4) is 0 Å². The molecule has 0 aliphatic rings. The van der Waals surface area contributed by atoms with Crippen molar-refractivity contribution in [2.75, 3.05) is 0 Å². The van der Waals surface area contributed by atoms with Gasteiger partial charge in [-0.3, -0.25) is 4.79 Å². The van der Waals surface area contributed by atoms with Crippen molar-refractivity contribution in [3.63, 3.8) is 0 Å². The summed E-state index contributed by atoms with van der Waals surface area (Å²) in [5.74, 6) is 0.343. The Morgan fingerprint density at radius 3 is 1.38 bits per heavy atom. The van der Waals surface area contributed by atoms with Crippen LogP contribution in [0.15, 0.2) is 0 Å². The molecule has 1 nitrogen and oxygen atoms in total. The van der Waals surface area contributed by atoms with Crippen LogP contribution in [0.5, 0.6) is 0 Å². The summed E-state index contributed by atoms with van der Waals surface area (Å²) >= 11 is 0. The third-order valence-electron chi connectivity index (χ3n) is 0.789. The average molecular weight is 118 g/mol. The molecule has 0 aliphatic heterocycles. The van der Waals surface area contributed by atoms with E-state index in [0.717, 1.165) is 0 Å². The predicted molar refractivity (Wildman–Crippen MR) is 39.1 cm³/mol. The van der Waals surface area contributed by atoms with Crippen LogP contribution in [-0.4, -0.2) is 5.78 Å². The van der Waals surface area contributed by atoms with Gasteiger partial charge in [-0.25, -0.2) is 0 Å². The van der Waals surface area contributed by atoms with Gasteiger partial charge in [-0.2, -0.15) is 0 Å². The van der Waals surface area contributed by atoms with E-state index in [-0.39, 0.29) is 14.9 Å². The van der Waals surface area contributed by atoms with Gasteiger partial charge in [-0.05, 0) is 0 Å². The molecule has 0 fully saturated rings. The van der Waals surface area contributed by atoms with Crippen molar-refractivity contribution in [2.24, 2.45) is 0 Å². The minimum atomic E-state index is 0. The topological polar surface area (TPSA) is 17.1 Å². The second kappa shape index (κ2) is 9.83. The summed E-state index contributed by atoms with van der Waals surface area (Å²) in [5.41, 5.74) is 0. The predicted octanol–water partition coefficient (Wildman–Crippen LogP) is 2.65. The Kier molecular flexibility index (Phi) is 19.2. The van der Waals surface area contributed by atoms with Gasteiger partial charge in [0.1, 0.15) is 5.78 Å². The van der Waals surface area contributed by atoms with Crippen LogP contribution >= 0.6 is 0 Å². The molecule has 0 aromatic carbocycles. The number of ketones is 1. The second-order valence-electron chi connectivity index (χ2n) is 1.25. The van der Waals surface area contributed by atoms with Gasteiger partial charge < -0.3 is 0 Å². The molecule has 0 bridgehead atoms. The smallest absolute Gasteiger partial charge is 0.132 e. The molecule has 0 atom stereocenters. The summed E-state index contributed by atoms with van der Waals surface area (Å²) in [6.07, 6.45) is 1.38. The molecule has 0 unspecified atom stereocenters. The van der Waals surface area contributed by atoms with Crippen LogP contribution < -0.4 is 0 Å². The van der Waals surface area contributed by atoms with Crippen LogP contribution in [0.25, 0.3) is 0 Å². The number of hydrogen-bond donors (Lipinski definition) is 0. The highest BCUT2D eigenvalue weighted by Gasteiger charge is 1.86. The quantitative estimate of drug-likeness (QED) is 0.544. The molecule has 8 heavy (non-hydrogen) atoms. The fourth-order valence-corrected chi connectivity index (χ4v) is 0.250. The lowest BCUT2D eigenvalue weighted by Gasteiger charge is -1.81. The SMILES string of the molecule is C.C.CCC(=O)CC. The summed E-state index contributed by atoms with van der Waals surface area (Å²) in [5, 5.41) is 0. The molecule has 0 spiro atoms. The van der Waals surface area contributed by atoms with E-state index in [1.54, 1.807) is 0 Å². The zero-order chi connectivity index (χ0) is 4.99. The highest BCUT2D eigenvalue weighted by Crippen LogP contribution is 1.82. The highest BCUT2D eigenvalue weighted by molar-refractivity contribution is 5.77. The lowest BCUT2D eigenvalue weighted by molar-refractivity contribution is -0.118. The van der Waals surface area contributed by atoms with Gasteiger partial charge in [0.05, 0.1) is 0 Å². The van der Waals surface area contributed by atoms with Crippen molar-refractivity contribution in [2.45, 2.75) is 41.5 Å². The Labute approximate surface area is 53.1 Å². The molecule has 0 aromatic rings. The maximum absolute atomic E-state index is 10.2. The molecule has 0 saturated carbocycles. The van der Waals surface area contributed by atoms with Gasteiger partial charge in [0.15, 0.2) is 0 Å². The maximum atomic E-state index is 10.2. The first-order chi connectivity index (χ1) is 2.81. The van der Waals surface area contributed by atoms with Crippen molar-refractivity contribution in [3.05, 3.63) is 0 Å². The number of carbonyl (C=O) groups excluding carboxylic acids is 1. The molecule has 52 valence electrons. The molecular weight excluding hydrogens is 100 g/mol. The number of rotatable bonds is 2. The van der Waals surface area contributed by atoms with E-state index in [0.29, 0.717) is 18.6 Å². The minimum absolute atomic E-state index is 0. The Balaban J connectivity index is -0.000000125. The third-order valence-corrected chi connectivity index (χ3v) is 0.789. The molecule has 0 radical (unpaired) electrons. The molecule has 0 aliphatic carbocycles. The van der Waals surface area contributed by atoms with Gasteiger partial charge >= 0.3 is 0 Å². The summed E-state index contributed by atoms with van der Waals surface area (Å²) in [4.78, 5) is 10.2. The van der Waals surface area contributed by atoms with Gasteiger partial charge in [0.2, 0.25) is 0 Å². The molecule has 0 rings (SSSR count). The van der Waals surface area contributed by atoms with E-state index in [4.69, 9.17) is 0 Å². The van der Waals surface area contributed by atoms with Crippen LogP contribution in [0.2, 0.25) is 0 Å². The summed E-state index contributed by atoms with van der Waals surface area (Å²) in [6, 6.07) is 0. The maximum Gasteiger partial charge on any atom is 0.132 e. The lowest BCUT2D eigenvalue weighted by Crippen LogP contribution is -1.88. The summed E-state index contributed by atoms with van der Waals surface area (Å²) in [6.45, 7) is 3.76. The van der Waals surface area contributed by atoms with Crippen molar-refractivity contribution < 1.29 is 4.79 Å². The summed E-state index contributed by atoms with van der Waals surface area (Å²) < 4.78 is 0. The first-order valence-corrected chi connectivity index (χ1v) is 2.33. The summed E-state index contributed by atoms with van der Waals surface area (Å²) in [7, 11) is 0. The van der Waals surface area contributed by atoms with E-state index in [1.807, 2.05) is 13.8 Å². The molecule has 0 N–H and O–H groups in total. The van der Waals surface area contributed by atoms with E-state index in [2.05, 4.69) is 0 Å². The molecule has 0 amide bonds. The fourth-order valence-electron chi connectivity index (χ4n) is 0.250. The molecule has 0 saturated heterocycles. The molecule has 0 aromatic heterocycles. The molecule has 0 heterocycles. The fraction of sp³-hybridized carbons (Fsp3) is 0.857. The lowest BCUT2D eigenvalue weighted by atomic mass is 10.3. The van der Waals surface area contributed by atoms with Gasteiger partial charge in [0.25, 0.3) is 0 Å². The van der Waals surface area contributed by atoms with Crippen molar-refractivity contribution in [3.8, 4) is 0 Å². The largest absolute Gasteiger partial charge is 0.300 e. The average Bonchev–Trinajstić information content (AvgIpc) is 1.65. The van der Waals surface area contributed by atoms with Crippen molar-refractivity contribution >= 4 is 5.78 Å². The zero-order valence-corrected chi connectivity index (χ0v) is 4.32. The zero-order valence-electron chi connectivity index (χ0n) is 4.32.